The number of halogens is 1. The molecule has 0 fully saturated rings. The van der Waals surface area contributed by atoms with Crippen LogP contribution in [0.2, 0.25) is 0 Å². The minimum atomic E-state index is -3.85. The maximum absolute atomic E-state index is 14.7. The van der Waals surface area contributed by atoms with Gasteiger partial charge in [0.1, 0.15) is 18.4 Å². The van der Waals surface area contributed by atoms with Crippen molar-refractivity contribution in [3.8, 4) is 0 Å². The first kappa shape index (κ1) is 28.8. The van der Waals surface area contributed by atoms with Crippen LogP contribution in [-0.4, -0.2) is 50.0 Å². The number of amides is 2. The van der Waals surface area contributed by atoms with Gasteiger partial charge in [0.15, 0.2) is 0 Å². The van der Waals surface area contributed by atoms with E-state index in [1.807, 2.05) is 51.1 Å². The van der Waals surface area contributed by atoms with Gasteiger partial charge in [-0.1, -0.05) is 66.2 Å². The SMILES string of the molecule is Cc1ccc(N(CC(=O)N(Cc2ccccc2F)[C@H](Cc2ccccc2)C(=O)NC(C)C)S(C)(=O)=O)cc1. The number of anilines is 1. The molecule has 3 rings (SSSR count). The quantitative estimate of drug-likeness (QED) is 0.398. The lowest BCUT2D eigenvalue weighted by atomic mass is 10.0. The van der Waals surface area contributed by atoms with Gasteiger partial charge < -0.3 is 10.2 Å². The molecule has 2 amide bonds. The summed E-state index contributed by atoms with van der Waals surface area (Å²) in [6, 6.07) is 20.8. The van der Waals surface area contributed by atoms with E-state index in [4.69, 9.17) is 0 Å². The normalized spacial score (nSPS) is 12.2. The van der Waals surface area contributed by atoms with Crippen LogP contribution in [0.15, 0.2) is 78.9 Å². The van der Waals surface area contributed by atoms with Crippen LogP contribution in [0, 0.1) is 12.7 Å². The van der Waals surface area contributed by atoms with Crippen molar-refractivity contribution in [2.45, 2.75) is 45.8 Å². The summed E-state index contributed by atoms with van der Waals surface area (Å²) in [6.07, 6.45) is 1.19. The molecular formula is C29H34FN3O4S. The van der Waals surface area contributed by atoms with E-state index in [9.17, 15) is 22.4 Å². The Balaban J connectivity index is 2.06. The third kappa shape index (κ3) is 7.89. The predicted molar refractivity (Wildman–Crippen MR) is 148 cm³/mol. The predicted octanol–water partition coefficient (Wildman–Crippen LogP) is 4.06. The van der Waals surface area contributed by atoms with Crippen molar-refractivity contribution in [3.63, 3.8) is 0 Å². The van der Waals surface area contributed by atoms with Crippen molar-refractivity contribution in [1.29, 1.82) is 0 Å². The number of benzene rings is 3. The lowest BCUT2D eigenvalue weighted by Crippen LogP contribution is -2.54. The molecule has 0 aliphatic rings. The van der Waals surface area contributed by atoms with Gasteiger partial charge in [-0.25, -0.2) is 12.8 Å². The van der Waals surface area contributed by atoms with Crippen LogP contribution in [0.25, 0.3) is 0 Å². The Hall–Kier alpha value is -3.72. The van der Waals surface area contributed by atoms with Crippen molar-refractivity contribution < 1.29 is 22.4 Å². The van der Waals surface area contributed by atoms with Crippen LogP contribution < -0.4 is 9.62 Å². The van der Waals surface area contributed by atoms with Crippen molar-refractivity contribution in [2.75, 3.05) is 17.1 Å². The number of aryl methyl sites for hydroxylation is 1. The summed E-state index contributed by atoms with van der Waals surface area (Å²) < 4.78 is 41.2. The summed E-state index contributed by atoms with van der Waals surface area (Å²) in [5.74, 6) is -1.56. The molecule has 0 spiro atoms. The van der Waals surface area contributed by atoms with Crippen LogP contribution >= 0.6 is 0 Å². The number of carbonyl (C=O) groups excluding carboxylic acids is 2. The maximum atomic E-state index is 14.7. The molecule has 38 heavy (non-hydrogen) atoms. The van der Waals surface area contributed by atoms with E-state index in [1.54, 1.807) is 42.5 Å². The van der Waals surface area contributed by atoms with Crippen molar-refractivity contribution >= 4 is 27.5 Å². The number of hydrogen-bond donors (Lipinski definition) is 1. The first-order valence-electron chi connectivity index (χ1n) is 12.4. The number of sulfonamides is 1. The van der Waals surface area contributed by atoms with E-state index >= 15 is 0 Å². The average Bonchev–Trinajstić information content (AvgIpc) is 2.85. The molecule has 0 radical (unpaired) electrons. The van der Waals surface area contributed by atoms with Crippen LogP contribution in [0.5, 0.6) is 0 Å². The number of hydrogen-bond acceptors (Lipinski definition) is 4. The third-order valence-electron chi connectivity index (χ3n) is 6.00. The highest BCUT2D eigenvalue weighted by atomic mass is 32.2. The number of nitrogens with zero attached hydrogens (tertiary/aromatic N) is 2. The van der Waals surface area contributed by atoms with E-state index in [0.29, 0.717) is 5.69 Å². The standard InChI is InChI=1S/C29H34FN3O4S/c1-21(2)31-29(35)27(18-23-10-6-5-7-11-23)32(19-24-12-8-9-13-26(24)30)28(34)20-33(38(4,36)37)25-16-14-22(3)15-17-25/h5-17,21,27H,18-20H2,1-4H3,(H,31,35)/t27-/m1/s1. The van der Waals surface area contributed by atoms with E-state index in [2.05, 4.69) is 5.32 Å². The van der Waals surface area contributed by atoms with Gasteiger partial charge in [0, 0.05) is 24.6 Å². The van der Waals surface area contributed by atoms with Gasteiger partial charge in [-0.05, 0) is 44.5 Å². The molecule has 0 aromatic heterocycles. The fourth-order valence-corrected chi connectivity index (χ4v) is 4.92. The highest BCUT2D eigenvalue weighted by Gasteiger charge is 2.33. The Morgan fingerprint density at radius 1 is 0.921 bits per heavy atom. The van der Waals surface area contributed by atoms with Gasteiger partial charge in [0.2, 0.25) is 21.8 Å². The molecule has 3 aromatic carbocycles. The summed E-state index contributed by atoms with van der Waals surface area (Å²) in [5, 5.41) is 2.86. The topological polar surface area (TPSA) is 86.8 Å². The largest absolute Gasteiger partial charge is 0.352 e. The smallest absolute Gasteiger partial charge is 0.244 e. The number of carbonyl (C=O) groups is 2. The lowest BCUT2D eigenvalue weighted by molar-refractivity contribution is -0.140. The molecule has 7 nitrogen and oxygen atoms in total. The molecule has 3 aromatic rings. The van der Waals surface area contributed by atoms with E-state index < -0.39 is 40.2 Å². The minimum absolute atomic E-state index is 0.170. The zero-order chi connectivity index (χ0) is 27.9. The van der Waals surface area contributed by atoms with Crippen LogP contribution in [-0.2, 0) is 32.6 Å². The summed E-state index contributed by atoms with van der Waals surface area (Å²) in [5.41, 5.74) is 2.28. The molecule has 0 aliphatic heterocycles. The molecule has 0 heterocycles. The first-order valence-corrected chi connectivity index (χ1v) is 14.2. The summed E-state index contributed by atoms with van der Waals surface area (Å²) >= 11 is 0. The molecule has 9 heteroatoms. The monoisotopic (exact) mass is 539 g/mol. The molecule has 202 valence electrons. The first-order chi connectivity index (χ1) is 18.0. The minimum Gasteiger partial charge on any atom is -0.352 e. The Morgan fingerprint density at radius 2 is 1.53 bits per heavy atom. The molecular weight excluding hydrogens is 505 g/mol. The molecule has 1 N–H and O–H groups in total. The van der Waals surface area contributed by atoms with Crippen molar-refractivity contribution in [1.82, 2.24) is 10.2 Å². The van der Waals surface area contributed by atoms with E-state index in [1.165, 1.54) is 11.0 Å². The summed E-state index contributed by atoms with van der Waals surface area (Å²) in [7, 11) is -3.85. The second-order valence-corrected chi connectivity index (χ2v) is 11.5. The second-order valence-electron chi connectivity index (χ2n) is 9.59. The molecule has 0 saturated heterocycles. The third-order valence-corrected chi connectivity index (χ3v) is 7.14. The van der Waals surface area contributed by atoms with Gasteiger partial charge >= 0.3 is 0 Å². The number of nitrogens with one attached hydrogen (secondary N) is 1. The fraction of sp³-hybridized carbons (Fsp3) is 0.310. The molecule has 0 aliphatic carbocycles. The van der Waals surface area contributed by atoms with Gasteiger partial charge in [0.05, 0.1) is 11.9 Å². The maximum Gasteiger partial charge on any atom is 0.244 e. The Kier molecular flexibility index (Phi) is 9.63. The number of rotatable bonds is 11. The summed E-state index contributed by atoms with van der Waals surface area (Å²) in [6.45, 7) is 4.74. The molecule has 0 unspecified atom stereocenters. The van der Waals surface area contributed by atoms with Gasteiger partial charge in [-0.15, -0.1) is 0 Å². The van der Waals surface area contributed by atoms with Crippen LogP contribution in [0.3, 0.4) is 0 Å². The van der Waals surface area contributed by atoms with E-state index in [0.717, 1.165) is 21.7 Å². The lowest BCUT2D eigenvalue weighted by Gasteiger charge is -2.34. The van der Waals surface area contributed by atoms with Crippen LogP contribution in [0.4, 0.5) is 10.1 Å². The van der Waals surface area contributed by atoms with Crippen molar-refractivity contribution in [2.24, 2.45) is 0 Å². The Bertz CT molecular complexity index is 1350. The average molecular weight is 540 g/mol. The van der Waals surface area contributed by atoms with E-state index in [-0.39, 0.29) is 24.6 Å². The molecule has 1 atom stereocenters. The Morgan fingerprint density at radius 3 is 2.11 bits per heavy atom. The Labute approximate surface area is 224 Å². The van der Waals surface area contributed by atoms with Gasteiger partial charge in [-0.2, -0.15) is 0 Å². The van der Waals surface area contributed by atoms with Crippen molar-refractivity contribution in [3.05, 3.63) is 101 Å². The highest BCUT2D eigenvalue weighted by Crippen LogP contribution is 2.21. The highest BCUT2D eigenvalue weighted by molar-refractivity contribution is 7.92. The van der Waals surface area contributed by atoms with Crippen LogP contribution in [0.1, 0.15) is 30.5 Å². The summed E-state index contributed by atoms with van der Waals surface area (Å²) in [4.78, 5) is 28.6. The van der Waals surface area contributed by atoms with Gasteiger partial charge in [-0.3, -0.25) is 13.9 Å². The second kappa shape index (κ2) is 12.7. The molecule has 0 saturated carbocycles. The fourth-order valence-electron chi connectivity index (χ4n) is 4.07. The molecule has 0 bridgehead atoms. The zero-order valence-corrected chi connectivity index (χ0v) is 22.9. The zero-order valence-electron chi connectivity index (χ0n) is 22.1. The van der Waals surface area contributed by atoms with Gasteiger partial charge in [0.25, 0.3) is 0 Å².